The molecular weight excluding hydrogens is 464 g/mol. The first-order valence-electron chi connectivity index (χ1n) is 8.88. The number of rotatable bonds is 5. The highest BCUT2D eigenvalue weighted by atomic mass is 35.5. The number of carbonyl (C=O) groups excluding carboxylic acids is 1. The minimum Gasteiger partial charge on any atom is -0.480 e. The Balaban J connectivity index is 1.74. The smallest absolute Gasteiger partial charge is 0.348 e. The summed E-state index contributed by atoms with van der Waals surface area (Å²) in [6, 6.07) is 13.2. The summed E-state index contributed by atoms with van der Waals surface area (Å²) in [5, 5.41) is 13.4. The van der Waals surface area contributed by atoms with Crippen molar-refractivity contribution in [3.8, 4) is 11.5 Å². The van der Waals surface area contributed by atoms with Crippen LogP contribution in [0, 0.1) is 15.9 Å². The zero-order valence-corrected chi connectivity index (χ0v) is 17.9. The Morgan fingerprint density at radius 1 is 1.09 bits per heavy atom. The van der Waals surface area contributed by atoms with Gasteiger partial charge in [-0.05, 0) is 36.4 Å². The highest BCUT2D eigenvalue weighted by Gasteiger charge is 2.15. The molecule has 0 atom stereocenters. The molecule has 0 saturated heterocycles. The van der Waals surface area contributed by atoms with Crippen LogP contribution in [-0.4, -0.2) is 24.0 Å². The third-order valence-electron chi connectivity index (χ3n) is 4.03. The highest BCUT2D eigenvalue weighted by molar-refractivity contribution is 6.33. The lowest BCUT2D eigenvalue weighted by Gasteiger charge is -2.10. The first-order chi connectivity index (χ1) is 15.3. The number of nitrogens with one attached hydrogen (secondary N) is 1. The van der Waals surface area contributed by atoms with Crippen molar-refractivity contribution < 1.29 is 23.6 Å². The van der Waals surface area contributed by atoms with Gasteiger partial charge in [-0.25, -0.2) is 9.18 Å². The van der Waals surface area contributed by atoms with Crippen LogP contribution in [0.1, 0.15) is 5.56 Å². The average molecular weight is 478 g/mol. The number of carbonyl (C=O) groups is 1. The number of methoxy groups -OCH3 is 1. The van der Waals surface area contributed by atoms with Gasteiger partial charge in [0.1, 0.15) is 22.3 Å². The molecule has 164 valence electrons. The Morgan fingerprint density at radius 2 is 1.84 bits per heavy atom. The second-order valence-electron chi connectivity index (χ2n) is 6.15. The molecule has 3 aromatic carbocycles. The Kier molecular flexibility index (Phi) is 7.24. The molecule has 8 nitrogen and oxygen atoms in total. The van der Waals surface area contributed by atoms with Gasteiger partial charge in [-0.15, -0.1) is 0 Å². The Bertz CT molecular complexity index is 1220. The summed E-state index contributed by atoms with van der Waals surface area (Å²) in [6.45, 7) is 0. The molecule has 0 bridgehead atoms. The summed E-state index contributed by atoms with van der Waals surface area (Å²) in [4.78, 5) is 26.2. The van der Waals surface area contributed by atoms with Crippen LogP contribution in [-0.2, 0) is 4.74 Å². The number of nitro benzene ring substituents is 1. The molecule has 0 fully saturated rings. The fourth-order valence-corrected chi connectivity index (χ4v) is 3.04. The number of nitrogens with zero attached hydrogens (tertiary/aromatic N) is 2. The lowest BCUT2D eigenvalue weighted by Crippen LogP contribution is -2.13. The monoisotopic (exact) mass is 477 g/mol. The number of halogens is 3. The van der Waals surface area contributed by atoms with Gasteiger partial charge in [-0.2, -0.15) is 4.99 Å². The van der Waals surface area contributed by atoms with Crippen molar-refractivity contribution in [2.45, 2.75) is 0 Å². The molecule has 0 heterocycles. The lowest BCUT2D eigenvalue weighted by atomic mass is 10.2. The second kappa shape index (κ2) is 10.1. The number of hydrogen-bond donors (Lipinski definition) is 1. The number of hydrogen-bond acceptors (Lipinski definition) is 5. The predicted octanol–water partition coefficient (Wildman–Crippen LogP) is 6.46. The topological polar surface area (TPSA) is 103 Å². The lowest BCUT2D eigenvalue weighted by molar-refractivity contribution is -0.384. The SMILES string of the molecule is COC(=NC(=O)Nc1ccc(Oc2ccc([N+](=O)[O-])c(Cl)c2)c(Cl)c1)c1ccccc1F. The second-order valence-corrected chi connectivity index (χ2v) is 6.96. The molecule has 11 heteroatoms. The summed E-state index contributed by atoms with van der Waals surface area (Å²) in [6.07, 6.45) is 0. The Labute approximate surface area is 191 Å². The van der Waals surface area contributed by atoms with Crippen LogP contribution in [0.2, 0.25) is 10.0 Å². The first-order valence-corrected chi connectivity index (χ1v) is 9.64. The fourth-order valence-electron chi connectivity index (χ4n) is 2.58. The van der Waals surface area contributed by atoms with Crippen LogP contribution in [0.25, 0.3) is 0 Å². The summed E-state index contributed by atoms with van der Waals surface area (Å²) in [7, 11) is 1.27. The molecular formula is C21H14Cl2FN3O5. The van der Waals surface area contributed by atoms with Gasteiger partial charge in [0.2, 0.25) is 5.90 Å². The van der Waals surface area contributed by atoms with Gasteiger partial charge in [0.15, 0.2) is 0 Å². The van der Waals surface area contributed by atoms with Crippen molar-refractivity contribution in [3.05, 3.63) is 92.2 Å². The molecule has 0 radical (unpaired) electrons. The molecule has 0 aliphatic rings. The Morgan fingerprint density at radius 3 is 2.47 bits per heavy atom. The quantitative estimate of drug-likeness (QED) is 0.196. The molecule has 0 unspecified atom stereocenters. The predicted molar refractivity (Wildman–Crippen MR) is 119 cm³/mol. The molecule has 3 rings (SSSR count). The van der Waals surface area contributed by atoms with Gasteiger partial charge in [0, 0.05) is 17.8 Å². The summed E-state index contributed by atoms with van der Waals surface area (Å²) in [5.74, 6) is -0.320. The minimum absolute atomic E-state index is 0.0358. The number of benzene rings is 3. The van der Waals surface area contributed by atoms with E-state index in [9.17, 15) is 19.3 Å². The van der Waals surface area contributed by atoms with E-state index in [1.807, 2.05) is 0 Å². The summed E-state index contributed by atoms with van der Waals surface area (Å²) in [5.41, 5.74) is 0.0741. The number of ether oxygens (including phenoxy) is 2. The van der Waals surface area contributed by atoms with Crippen molar-refractivity contribution in [1.82, 2.24) is 0 Å². The van der Waals surface area contributed by atoms with Gasteiger partial charge < -0.3 is 14.8 Å². The maximum atomic E-state index is 13.9. The van der Waals surface area contributed by atoms with Gasteiger partial charge in [-0.1, -0.05) is 35.3 Å². The van der Waals surface area contributed by atoms with E-state index in [1.54, 1.807) is 6.07 Å². The molecule has 1 N–H and O–H groups in total. The third-order valence-corrected chi connectivity index (χ3v) is 4.63. The van der Waals surface area contributed by atoms with Crippen LogP contribution in [0.5, 0.6) is 11.5 Å². The van der Waals surface area contributed by atoms with E-state index in [2.05, 4.69) is 10.3 Å². The molecule has 0 spiro atoms. The molecule has 32 heavy (non-hydrogen) atoms. The number of urea groups is 1. The fraction of sp³-hybridized carbons (Fsp3) is 0.0476. The molecule has 0 aromatic heterocycles. The van der Waals surface area contributed by atoms with Gasteiger partial charge in [0.25, 0.3) is 5.69 Å². The van der Waals surface area contributed by atoms with Crippen LogP contribution >= 0.6 is 23.2 Å². The van der Waals surface area contributed by atoms with E-state index in [4.69, 9.17) is 32.7 Å². The van der Waals surface area contributed by atoms with Gasteiger partial charge in [0.05, 0.1) is 22.6 Å². The standard InChI is InChI=1S/C21H14Cl2FN3O5/c1-31-20(14-4-2-3-5-17(14)24)26-21(28)25-12-6-9-19(16(23)10-12)32-13-7-8-18(27(29)30)15(22)11-13/h2-11H,1H3,(H,25,28). The van der Waals surface area contributed by atoms with Crippen LogP contribution < -0.4 is 10.1 Å². The summed E-state index contributed by atoms with van der Waals surface area (Å²) < 4.78 is 24.5. The number of amides is 2. The van der Waals surface area contributed by atoms with Gasteiger partial charge >= 0.3 is 6.03 Å². The third kappa shape index (κ3) is 5.51. The van der Waals surface area contributed by atoms with Crippen molar-refractivity contribution in [1.29, 1.82) is 0 Å². The van der Waals surface area contributed by atoms with Gasteiger partial charge in [-0.3, -0.25) is 10.1 Å². The zero-order chi connectivity index (χ0) is 23.3. The maximum Gasteiger partial charge on any atom is 0.348 e. The van der Waals surface area contributed by atoms with Crippen LogP contribution in [0.15, 0.2) is 65.7 Å². The van der Waals surface area contributed by atoms with E-state index in [0.717, 1.165) is 0 Å². The Hall–Kier alpha value is -3.69. The van der Waals surface area contributed by atoms with Crippen molar-refractivity contribution in [2.24, 2.45) is 4.99 Å². The van der Waals surface area contributed by atoms with Crippen LogP contribution in [0.3, 0.4) is 0 Å². The van der Waals surface area contributed by atoms with E-state index < -0.39 is 16.8 Å². The van der Waals surface area contributed by atoms with E-state index in [-0.39, 0.29) is 38.7 Å². The first kappa shape index (κ1) is 23.0. The van der Waals surface area contributed by atoms with E-state index in [1.165, 1.54) is 61.7 Å². The van der Waals surface area contributed by atoms with Crippen molar-refractivity contribution in [3.63, 3.8) is 0 Å². The summed E-state index contributed by atoms with van der Waals surface area (Å²) >= 11 is 12.1. The van der Waals surface area contributed by atoms with Crippen molar-refractivity contribution in [2.75, 3.05) is 12.4 Å². The number of nitro groups is 1. The molecule has 3 aromatic rings. The zero-order valence-electron chi connectivity index (χ0n) is 16.3. The van der Waals surface area contributed by atoms with Crippen LogP contribution in [0.4, 0.5) is 20.6 Å². The number of aliphatic imine (C=N–C) groups is 1. The maximum absolute atomic E-state index is 13.9. The molecule has 0 aliphatic heterocycles. The molecule has 2 amide bonds. The van der Waals surface area contributed by atoms with E-state index in [0.29, 0.717) is 5.69 Å². The van der Waals surface area contributed by atoms with E-state index >= 15 is 0 Å². The number of anilines is 1. The molecule has 0 saturated carbocycles. The minimum atomic E-state index is -0.808. The highest BCUT2D eigenvalue weighted by Crippen LogP contribution is 2.35. The average Bonchev–Trinajstić information content (AvgIpc) is 2.74. The molecule has 0 aliphatic carbocycles. The normalized spacial score (nSPS) is 11.1. The van der Waals surface area contributed by atoms with Crippen molar-refractivity contribution >= 4 is 46.5 Å². The largest absolute Gasteiger partial charge is 0.480 e.